The van der Waals surface area contributed by atoms with E-state index in [2.05, 4.69) is 0 Å². The molecule has 0 radical (unpaired) electrons. The first kappa shape index (κ1) is 33.9. The maximum absolute atomic E-state index is 12.6. The van der Waals surface area contributed by atoms with Gasteiger partial charge in [-0.15, -0.1) is 0 Å². The van der Waals surface area contributed by atoms with Crippen LogP contribution in [0.25, 0.3) is 0 Å². The van der Waals surface area contributed by atoms with E-state index in [1.165, 1.54) is 12.1 Å². The van der Waals surface area contributed by atoms with Crippen LogP contribution >= 0.6 is 0 Å². The molecule has 10 nitrogen and oxygen atoms in total. The van der Waals surface area contributed by atoms with E-state index in [1.807, 2.05) is 34.6 Å². The predicted molar refractivity (Wildman–Crippen MR) is 145 cm³/mol. The van der Waals surface area contributed by atoms with Crippen LogP contribution in [0, 0.1) is 23.2 Å². The van der Waals surface area contributed by atoms with Crippen LogP contribution in [0.5, 0.6) is 11.5 Å². The summed E-state index contributed by atoms with van der Waals surface area (Å²) < 4.78 is 21.7. The molecule has 0 aliphatic heterocycles. The lowest BCUT2D eigenvalue weighted by molar-refractivity contribution is -0.141. The van der Waals surface area contributed by atoms with E-state index in [-0.39, 0.29) is 29.4 Å². The summed E-state index contributed by atoms with van der Waals surface area (Å²) in [6.45, 7) is 16.3. The molecule has 0 bridgehead atoms. The second-order valence-electron chi connectivity index (χ2n) is 11.3. The minimum Gasteiger partial charge on any atom is -0.480 e. The Kier molecular flexibility index (Phi) is 12.9. The van der Waals surface area contributed by atoms with Gasteiger partial charge in [0.1, 0.15) is 12.1 Å². The van der Waals surface area contributed by atoms with Crippen molar-refractivity contribution in [2.24, 2.45) is 28.9 Å². The van der Waals surface area contributed by atoms with Gasteiger partial charge in [0.2, 0.25) is 0 Å². The fraction of sp³-hybridized carbons (Fsp3) is 0.655. The maximum atomic E-state index is 12.6. The van der Waals surface area contributed by atoms with Gasteiger partial charge < -0.3 is 29.8 Å². The first-order valence-corrected chi connectivity index (χ1v) is 13.4. The molecular formula is C29H45NO9. The molecule has 5 unspecified atom stereocenters. The summed E-state index contributed by atoms with van der Waals surface area (Å²) in [7, 11) is 0. The number of nitrogens with two attached hydrogens (primary N) is 1. The van der Waals surface area contributed by atoms with Crippen LogP contribution in [0.4, 0.5) is 4.79 Å². The second-order valence-corrected chi connectivity index (χ2v) is 11.3. The Balaban J connectivity index is 3.43. The number of hydrogen-bond donors (Lipinski definition) is 2. The van der Waals surface area contributed by atoms with Crippen LogP contribution in [0.15, 0.2) is 18.2 Å². The van der Waals surface area contributed by atoms with Crippen LogP contribution in [0.2, 0.25) is 0 Å². The number of benzene rings is 1. The van der Waals surface area contributed by atoms with E-state index < -0.39 is 54.0 Å². The largest absolute Gasteiger partial charge is 0.508 e. The average Bonchev–Trinajstić information content (AvgIpc) is 2.86. The molecule has 10 heteroatoms. The summed E-state index contributed by atoms with van der Waals surface area (Å²) in [6, 6.07) is 3.08. The number of carbonyl (C=O) groups is 4. The molecule has 0 spiro atoms. The smallest absolute Gasteiger partial charge is 0.480 e. The van der Waals surface area contributed by atoms with E-state index in [4.69, 9.17) is 24.7 Å². The molecule has 1 aromatic rings. The van der Waals surface area contributed by atoms with Gasteiger partial charge in [-0.25, -0.2) is 4.79 Å². The topological polar surface area (TPSA) is 151 Å². The summed E-state index contributed by atoms with van der Waals surface area (Å²) in [5.74, 6) is -4.54. The molecule has 0 aromatic heterocycles. The molecule has 1 rings (SSSR count). The van der Waals surface area contributed by atoms with Gasteiger partial charge in [-0.3, -0.25) is 14.4 Å². The van der Waals surface area contributed by atoms with E-state index in [9.17, 15) is 24.3 Å². The zero-order valence-corrected chi connectivity index (χ0v) is 24.6. The lowest BCUT2D eigenvalue weighted by Crippen LogP contribution is -2.42. The molecule has 1 aromatic carbocycles. The summed E-state index contributed by atoms with van der Waals surface area (Å²) in [5, 5.41) is 9.77. The Morgan fingerprint density at radius 3 is 1.87 bits per heavy atom. The van der Waals surface area contributed by atoms with Gasteiger partial charge in [0.15, 0.2) is 11.5 Å². The summed E-state index contributed by atoms with van der Waals surface area (Å²) in [4.78, 5) is 49.4. The third kappa shape index (κ3) is 10.5. The van der Waals surface area contributed by atoms with Gasteiger partial charge in [-0.2, -0.15) is 0 Å². The molecule has 0 saturated heterocycles. The standard InChI is InChI=1S/C29H45NO9/c1-10-16(3)26(33)38-21-13-12-20(14-22(21)39-27(34)17(4)11-2)23(24(30)25(31)32)18(5)19(6)37-28(35)36-15-29(7,8)9/h12-14,16-19,23-24H,10-11,15,30H2,1-9H3,(H,31,32)/t16?,17?,18?,19?,23?,24-/m0/s1. The highest BCUT2D eigenvalue weighted by Crippen LogP contribution is 2.38. The van der Waals surface area contributed by atoms with Crippen molar-refractivity contribution >= 4 is 24.1 Å². The molecule has 0 aliphatic rings. The molecule has 220 valence electrons. The summed E-state index contributed by atoms with van der Waals surface area (Å²) in [6.07, 6.45) is -0.559. The predicted octanol–water partition coefficient (Wildman–Crippen LogP) is 5.31. The van der Waals surface area contributed by atoms with Gasteiger partial charge in [-0.05, 0) is 42.9 Å². The Labute approximate surface area is 231 Å². The number of carbonyl (C=O) groups excluding carboxylic acids is 3. The molecule has 3 N–H and O–H groups in total. The lowest BCUT2D eigenvalue weighted by Gasteiger charge is -2.32. The van der Waals surface area contributed by atoms with E-state index in [0.29, 0.717) is 18.4 Å². The maximum Gasteiger partial charge on any atom is 0.508 e. The number of rotatable bonds is 13. The molecule has 6 atom stereocenters. The highest BCUT2D eigenvalue weighted by molar-refractivity contribution is 5.79. The number of esters is 2. The average molecular weight is 552 g/mol. The van der Waals surface area contributed by atoms with Crippen LogP contribution in [0.3, 0.4) is 0 Å². The summed E-state index contributed by atoms with van der Waals surface area (Å²) >= 11 is 0. The Bertz CT molecular complexity index is 1000. The third-order valence-corrected chi connectivity index (χ3v) is 6.69. The van der Waals surface area contributed by atoms with Crippen LogP contribution in [-0.4, -0.2) is 47.9 Å². The van der Waals surface area contributed by atoms with E-state index in [1.54, 1.807) is 33.8 Å². The lowest BCUT2D eigenvalue weighted by atomic mass is 9.79. The minimum absolute atomic E-state index is 0.0256. The normalized spacial score (nSPS) is 16.2. The van der Waals surface area contributed by atoms with Gasteiger partial charge in [0, 0.05) is 11.8 Å². The van der Waals surface area contributed by atoms with E-state index in [0.717, 1.165) is 0 Å². The first-order valence-electron chi connectivity index (χ1n) is 13.4. The SMILES string of the molecule is CCC(C)C(=O)Oc1ccc(C(C(C)C(C)OC(=O)OCC(C)(C)C)[C@H](N)C(=O)O)cc1OC(=O)C(C)CC. The molecule has 0 saturated carbocycles. The van der Waals surface area contributed by atoms with Gasteiger partial charge in [0.25, 0.3) is 0 Å². The van der Waals surface area contributed by atoms with Crippen molar-refractivity contribution in [3.8, 4) is 11.5 Å². The second kappa shape index (κ2) is 14.9. The van der Waals surface area contributed by atoms with E-state index >= 15 is 0 Å². The van der Waals surface area contributed by atoms with Crippen molar-refractivity contribution < 1.29 is 43.2 Å². The zero-order chi connectivity index (χ0) is 30.1. The quantitative estimate of drug-likeness (QED) is 0.244. The summed E-state index contributed by atoms with van der Waals surface area (Å²) in [5.41, 5.74) is 6.26. The third-order valence-electron chi connectivity index (χ3n) is 6.69. The Morgan fingerprint density at radius 1 is 0.897 bits per heavy atom. The number of hydrogen-bond acceptors (Lipinski definition) is 9. The number of carboxylic acids is 1. The molecule has 0 amide bonds. The Hall–Kier alpha value is -3.14. The zero-order valence-electron chi connectivity index (χ0n) is 24.6. The van der Waals surface area contributed by atoms with Gasteiger partial charge in [0.05, 0.1) is 18.4 Å². The van der Waals surface area contributed by atoms with Crippen LogP contribution in [0.1, 0.15) is 86.6 Å². The fourth-order valence-electron chi connectivity index (χ4n) is 3.50. The number of aliphatic carboxylic acids is 1. The van der Waals surface area contributed by atoms with Crippen molar-refractivity contribution in [1.82, 2.24) is 0 Å². The molecule has 39 heavy (non-hydrogen) atoms. The van der Waals surface area contributed by atoms with Crippen molar-refractivity contribution in [3.05, 3.63) is 23.8 Å². The molecule has 0 fully saturated rings. The minimum atomic E-state index is -1.39. The molecule has 0 aliphatic carbocycles. The van der Waals surface area contributed by atoms with Crippen molar-refractivity contribution in [2.75, 3.05) is 6.61 Å². The van der Waals surface area contributed by atoms with Gasteiger partial charge >= 0.3 is 24.1 Å². The monoisotopic (exact) mass is 551 g/mol. The van der Waals surface area contributed by atoms with Crippen molar-refractivity contribution in [1.29, 1.82) is 0 Å². The van der Waals surface area contributed by atoms with Crippen molar-refractivity contribution in [3.63, 3.8) is 0 Å². The van der Waals surface area contributed by atoms with Crippen LogP contribution < -0.4 is 15.2 Å². The van der Waals surface area contributed by atoms with Crippen LogP contribution in [-0.2, 0) is 23.9 Å². The Morgan fingerprint density at radius 2 is 1.41 bits per heavy atom. The first-order chi connectivity index (χ1) is 18.0. The number of carboxylic acid groups (broad SMARTS) is 1. The molecular weight excluding hydrogens is 506 g/mol. The highest BCUT2D eigenvalue weighted by Gasteiger charge is 2.36. The number of ether oxygens (including phenoxy) is 4. The van der Waals surface area contributed by atoms with Crippen molar-refractivity contribution in [2.45, 2.75) is 93.2 Å². The molecule has 0 heterocycles. The highest BCUT2D eigenvalue weighted by atomic mass is 16.7. The van der Waals surface area contributed by atoms with Gasteiger partial charge in [-0.1, -0.05) is 61.5 Å². The fourth-order valence-corrected chi connectivity index (χ4v) is 3.50.